The Morgan fingerprint density at radius 3 is 2.79 bits per heavy atom. The third kappa shape index (κ3) is 1.16. The van der Waals surface area contributed by atoms with Crippen LogP contribution in [0.2, 0.25) is 0 Å². The number of phenolic OH excluding ortho intramolecular Hbond substituents is 1. The van der Waals surface area contributed by atoms with Crippen molar-refractivity contribution in [2.75, 3.05) is 0 Å². The van der Waals surface area contributed by atoms with Crippen molar-refractivity contribution in [3.8, 4) is 5.75 Å². The highest BCUT2D eigenvalue weighted by atomic mass is 16.5. The quantitative estimate of drug-likeness (QED) is 0.640. The third-order valence-electron chi connectivity index (χ3n) is 2.77. The van der Waals surface area contributed by atoms with Gasteiger partial charge in [0.2, 0.25) is 0 Å². The normalized spacial score (nSPS) is 25.4. The van der Waals surface area contributed by atoms with E-state index in [0.29, 0.717) is 5.56 Å². The molecule has 0 radical (unpaired) electrons. The highest BCUT2D eigenvalue weighted by Gasteiger charge is 2.31. The van der Waals surface area contributed by atoms with Crippen LogP contribution in [0.25, 0.3) is 0 Å². The second kappa shape index (κ2) is 3.01. The molecule has 1 aliphatic heterocycles. The number of benzene rings is 1. The smallest absolute Gasteiger partial charge is 0.342 e. The number of esters is 1. The summed E-state index contributed by atoms with van der Waals surface area (Å²) in [6.07, 6.45) is -0.128. The number of hydrogen-bond donors (Lipinski definition) is 1. The number of rotatable bonds is 0. The number of phenols is 1. The monoisotopic (exact) mass is 192 g/mol. The van der Waals surface area contributed by atoms with Gasteiger partial charge in [0.15, 0.2) is 0 Å². The van der Waals surface area contributed by atoms with E-state index in [1.54, 1.807) is 6.07 Å². The minimum absolute atomic E-state index is 0.00579. The van der Waals surface area contributed by atoms with Crippen LogP contribution in [0.1, 0.15) is 35.7 Å². The topological polar surface area (TPSA) is 46.5 Å². The van der Waals surface area contributed by atoms with Crippen LogP contribution in [0.3, 0.4) is 0 Å². The van der Waals surface area contributed by atoms with Crippen LogP contribution in [0.15, 0.2) is 18.2 Å². The molecule has 14 heavy (non-hydrogen) atoms. The molecular weight excluding hydrogens is 180 g/mol. The van der Waals surface area contributed by atoms with Crippen molar-refractivity contribution in [1.29, 1.82) is 0 Å². The minimum Gasteiger partial charge on any atom is -0.507 e. The Hall–Kier alpha value is -1.51. The molecular formula is C11H12O3. The van der Waals surface area contributed by atoms with Crippen LogP contribution in [-0.4, -0.2) is 17.2 Å². The first-order chi connectivity index (χ1) is 6.61. The van der Waals surface area contributed by atoms with Crippen LogP contribution >= 0.6 is 0 Å². The number of carbonyl (C=O) groups is 1. The summed E-state index contributed by atoms with van der Waals surface area (Å²) in [5.41, 5.74) is 1.19. The molecule has 2 atom stereocenters. The Morgan fingerprint density at radius 1 is 1.36 bits per heavy atom. The number of hydrogen-bond acceptors (Lipinski definition) is 3. The van der Waals surface area contributed by atoms with Crippen LogP contribution in [0.5, 0.6) is 5.75 Å². The minimum atomic E-state index is -0.427. The van der Waals surface area contributed by atoms with Crippen LogP contribution < -0.4 is 0 Å². The van der Waals surface area contributed by atoms with E-state index < -0.39 is 5.97 Å². The van der Waals surface area contributed by atoms with Gasteiger partial charge in [-0.1, -0.05) is 19.1 Å². The molecule has 1 aliphatic rings. The lowest BCUT2D eigenvalue weighted by Gasteiger charge is -2.28. The summed E-state index contributed by atoms with van der Waals surface area (Å²) in [5.74, 6) is -0.287. The third-order valence-corrected chi connectivity index (χ3v) is 2.77. The lowest BCUT2D eigenvalue weighted by molar-refractivity contribution is 0.0236. The summed E-state index contributed by atoms with van der Waals surface area (Å²) in [4.78, 5) is 11.5. The van der Waals surface area contributed by atoms with Crippen molar-refractivity contribution in [2.24, 2.45) is 0 Å². The van der Waals surface area contributed by atoms with Crippen molar-refractivity contribution in [2.45, 2.75) is 25.9 Å². The molecule has 1 heterocycles. The maximum atomic E-state index is 11.5. The zero-order valence-electron chi connectivity index (χ0n) is 8.15. The Bertz CT molecular complexity index is 384. The number of ether oxygens (including phenoxy) is 1. The molecule has 1 aromatic rings. The number of fused-ring (bicyclic) bond motifs is 1. The van der Waals surface area contributed by atoms with Gasteiger partial charge in [0.25, 0.3) is 0 Å². The van der Waals surface area contributed by atoms with Gasteiger partial charge >= 0.3 is 5.97 Å². The fourth-order valence-corrected chi connectivity index (χ4v) is 1.74. The Labute approximate surface area is 82.3 Å². The van der Waals surface area contributed by atoms with Gasteiger partial charge in [0, 0.05) is 5.92 Å². The van der Waals surface area contributed by atoms with Gasteiger partial charge in [0.1, 0.15) is 17.4 Å². The summed E-state index contributed by atoms with van der Waals surface area (Å²) >= 11 is 0. The van der Waals surface area contributed by atoms with E-state index in [2.05, 4.69) is 0 Å². The van der Waals surface area contributed by atoms with E-state index in [9.17, 15) is 9.90 Å². The van der Waals surface area contributed by atoms with Gasteiger partial charge in [0.05, 0.1) is 0 Å². The van der Waals surface area contributed by atoms with Crippen molar-refractivity contribution < 1.29 is 14.6 Å². The second-order valence-corrected chi connectivity index (χ2v) is 3.64. The summed E-state index contributed by atoms with van der Waals surface area (Å²) in [7, 11) is 0. The summed E-state index contributed by atoms with van der Waals surface area (Å²) in [5, 5.41) is 9.53. The first kappa shape index (κ1) is 9.06. The molecule has 0 spiro atoms. The number of aromatic hydroxyl groups is 1. The van der Waals surface area contributed by atoms with Crippen molar-refractivity contribution in [3.05, 3.63) is 29.3 Å². The van der Waals surface area contributed by atoms with Crippen molar-refractivity contribution in [3.63, 3.8) is 0 Å². The summed E-state index contributed by atoms with van der Waals surface area (Å²) < 4.78 is 5.11. The zero-order valence-corrected chi connectivity index (χ0v) is 8.15. The average molecular weight is 192 g/mol. The van der Waals surface area contributed by atoms with Crippen LogP contribution in [0.4, 0.5) is 0 Å². The number of cyclic esters (lactones) is 1. The van der Waals surface area contributed by atoms with Gasteiger partial charge in [-0.25, -0.2) is 4.79 Å². The van der Waals surface area contributed by atoms with E-state index in [1.165, 1.54) is 6.07 Å². The lowest BCUT2D eigenvalue weighted by Crippen LogP contribution is -2.28. The maximum absolute atomic E-state index is 11.5. The SMILES string of the molecule is C[C@H]1OC(=O)c2c(O)cccc2[C@@H]1C. The standard InChI is InChI=1S/C11H12O3/c1-6-7(2)14-11(13)10-8(6)4-3-5-9(10)12/h3-7,12H,1-2H3/t6-,7-/m1/s1. The van der Waals surface area contributed by atoms with Crippen molar-refractivity contribution >= 4 is 5.97 Å². The van der Waals surface area contributed by atoms with Gasteiger partial charge < -0.3 is 9.84 Å². The Balaban J connectivity index is 2.61. The molecule has 1 N–H and O–H groups in total. The highest BCUT2D eigenvalue weighted by Crippen LogP contribution is 2.35. The number of carbonyl (C=O) groups excluding carboxylic acids is 1. The lowest BCUT2D eigenvalue weighted by atomic mass is 9.89. The van der Waals surface area contributed by atoms with E-state index in [1.807, 2.05) is 19.9 Å². The first-order valence-electron chi connectivity index (χ1n) is 4.64. The van der Waals surface area contributed by atoms with Gasteiger partial charge in [-0.15, -0.1) is 0 Å². The molecule has 1 aromatic carbocycles. The summed E-state index contributed by atoms with van der Waals surface area (Å²) in [6.45, 7) is 3.84. The molecule has 0 bridgehead atoms. The molecule has 0 saturated carbocycles. The predicted octanol–water partition coefficient (Wildman–Crippen LogP) is 2.05. The molecule has 2 rings (SSSR count). The molecule has 0 amide bonds. The van der Waals surface area contributed by atoms with Gasteiger partial charge in [-0.05, 0) is 18.6 Å². The Kier molecular flexibility index (Phi) is 1.95. The van der Waals surface area contributed by atoms with Gasteiger partial charge in [-0.3, -0.25) is 0 Å². The van der Waals surface area contributed by atoms with Gasteiger partial charge in [-0.2, -0.15) is 0 Å². The molecule has 0 aliphatic carbocycles. The fourth-order valence-electron chi connectivity index (χ4n) is 1.74. The first-order valence-corrected chi connectivity index (χ1v) is 4.64. The van der Waals surface area contributed by atoms with E-state index >= 15 is 0 Å². The molecule has 3 nitrogen and oxygen atoms in total. The highest BCUT2D eigenvalue weighted by molar-refractivity contribution is 5.95. The molecule has 74 valence electrons. The van der Waals surface area contributed by atoms with E-state index in [-0.39, 0.29) is 17.8 Å². The molecule has 3 heteroatoms. The largest absolute Gasteiger partial charge is 0.507 e. The zero-order chi connectivity index (χ0) is 10.3. The second-order valence-electron chi connectivity index (χ2n) is 3.64. The van der Waals surface area contributed by atoms with E-state index in [0.717, 1.165) is 5.56 Å². The maximum Gasteiger partial charge on any atom is 0.342 e. The predicted molar refractivity (Wildman–Crippen MR) is 51.4 cm³/mol. The molecule has 0 aromatic heterocycles. The molecule has 0 saturated heterocycles. The van der Waals surface area contributed by atoms with Crippen LogP contribution in [-0.2, 0) is 4.74 Å². The Morgan fingerprint density at radius 2 is 2.07 bits per heavy atom. The molecule has 0 fully saturated rings. The van der Waals surface area contributed by atoms with Crippen LogP contribution in [0, 0.1) is 0 Å². The molecule has 0 unspecified atom stereocenters. The summed E-state index contributed by atoms with van der Waals surface area (Å²) in [6, 6.07) is 5.11. The average Bonchev–Trinajstić information content (AvgIpc) is 2.14. The van der Waals surface area contributed by atoms with E-state index in [4.69, 9.17) is 4.74 Å². The fraction of sp³-hybridized carbons (Fsp3) is 0.364. The van der Waals surface area contributed by atoms with Crippen molar-refractivity contribution in [1.82, 2.24) is 0 Å².